The first-order valence-electron chi connectivity index (χ1n) is 37.4. The van der Waals surface area contributed by atoms with E-state index in [4.69, 9.17) is 32.3 Å². The van der Waals surface area contributed by atoms with Crippen molar-refractivity contribution in [2.45, 2.75) is 283 Å². The largest absolute Gasteiger partial charge is 0.472 e. The molecule has 0 heterocycles. The molecule has 0 fully saturated rings. The second kappa shape index (κ2) is 72.7. The van der Waals surface area contributed by atoms with Crippen molar-refractivity contribution >= 4 is 33.6 Å². The highest BCUT2D eigenvalue weighted by Gasteiger charge is 2.29. The molecule has 18 heteroatoms. The second-order valence-electron chi connectivity index (χ2n) is 24.3. The van der Waals surface area contributed by atoms with E-state index in [1.165, 1.54) is 83.5 Å². The number of hydrogen-bond donors (Lipinski definition) is 4. The monoisotopic (exact) mass is 1420 g/mol. The van der Waals surface area contributed by atoms with Gasteiger partial charge >= 0.3 is 33.6 Å². The number of rotatable bonds is 69. The molecular weight excluding hydrogens is 1290 g/mol. The minimum atomic E-state index is -4.96. The summed E-state index contributed by atoms with van der Waals surface area (Å²) in [6, 6.07) is 0. The molecule has 5 atom stereocenters. The molecule has 0 saturated carbocycles. The molecule has 0 aromatic rings. The number of aliphatic hydroxyl groups is 2. The minimum absolute atomic E-state index is 0.00749. The number of esters is 3. The van der Waals surface area contributed by atoms with Gasteiger partial charge in [0.05, 0.1) is 26.4 Å². The van der Waals surface area contributed by atoms with Crippen LogP contribution in [0.3, 0.4) is 0 Å². The summed E-state index contributed by atoms with van der Waals surface area (Å²) in [5, 5.41) is 20.6. The van der Waals surface area contributed by atoms with Crippen LogP contribution in [-0.4, -0.2) is 95.9 Å². The Bertz CT molecular complexity index is 2480. The zero-order chi connectivity index (χ0) is 72.3. The van der Waals surface area contributed by atoms with E-state index in [1.54, 1.807) is 0 Å². The third-order valence-corrected chi connectivity index (χ3v) is 16.8. The molecule has 0 aliphatic carbocycles. The van der Waals surface area contributed by atoms with Crippen LogP contribution in [0.4, 0.5) is 0 Å². The minimum Gasteiger partial charge on any atom is -0.463 e. The molecule has 0 saturated heterocycles. The Kier molecular flexibility index (Phi) is 69.0. The maximum atomic E-state index is 12.9. The summed E-state index contributed by atoms with van der Waals surface area (Å²) in [6.45, 7) is 2.26. The maximum Gasteiger partial charge on any atom is 0.472 e. The topological polar surface area (TPSA) is 231 Å². The zero-order valence-electron chi connectivity index (χ0n) is 61.1. The molecule has 0 aromatic heterocycles. The Morgan fingerprint density at radius 2 is 0.545 bits per heavy atom. The summed E-state index contributed by atoms with van der Waals surface area (Å²) in [6.07, 6.45) is 91.5. The first kappa shape index (κ1) is 93.9. The fraction of sp³-hybridized carbons (Fsp3) is 0.617. The van der Waals surface area contributed by atoms with E-state index in [1.807, 2.05) is 24.3 Å². The Balaban J connectivity index is 4.62. The van der Waals surface area contributed by atoms with Crippen LogP contribution in [-0.2, 0) is 55.8 Å². The Morgan fingerprint density at radius 3 is 0.889 bits per heavy atom. The lowest BCUT2D eigenvalue weighted by Gasteiger charge is -2.21. The van der Waals surface area contributed by atoms with Gasteiger partial charge in [0.15, 0.2) is 6.10 Å². The summed E-state index contributed by atoms with van der Waals surface area (Å²) < 4.78 is 60.9. The zero-order valence-corrected chi connectivity index (χ0v) is 62.9. The van der Waals surface area contributed by atoms with Crippen LogP contribution in [0.1, 0.15) is 265 Å². The number of phosphoric acid groups is 2. The van der Waals surface area contributed by atoms with E-state index in [-0.39, 0.29) is 19.3 Å². The Hall–Kier alpha value is -5.09. The fourth-order valence-electron chi connectivity index (χ4n) is 9.27. The molecule has 4 N–H and O–H groups in total. The van der Waals surface area contributed by atoms with Crippen LogP contribution < -0.4 is 0 Å². The van der Waals surface area contributed by atoms with Gasteiger partial charge in [0.1, 0.15) is 25.4 Å². The van der Waals surface area contributed by atoms with Crippen molar-refractivity contribution in [1.82, 2.24) is 0 Å². The van der Waals surface area contributed by atoms with Crippen LogP contribution >= 0.6 is 15.6 Å². The average molecular weight is 1420 g/mol. The lowest BCUT2D eigenvalue weighted by Crippen LogP contribution is -2.30. The molecule has 0 radical (unpaired) electrons. The van der Waals surface area contributed by atoms with Gasteiger partial charge in [0.25, 0.3) is 0 Å². The van der Waals surface area contributed by atoms with Crippen LogP contribution in [0.15, 0.2) is 170 Å². The van der Waals surface area contributed by atoms with Crippen LogP contribution in [0.25, 0.3) is 0 Å². The van der Waals surface area contributed by atoms with Crippen molar-refractivity contribution in [3.8, 4) is 0 Å². The molecule has 0 bridgehead atoms. The van der Waals surface area contributed by atoms with E-state index >= 15 is 0 Å². The predicted molar refractivity (Wildman–Crippen MR) is 408 cm³/mol. The summed E-state index contributed by atoms with van der Waals surface area (Å²) in [4.78, 5) is 58.5. The lowest BCUT2D eigenvalue weighted by molar-refractivity contribution is -0.161. The first-order valence-corrected chi connectivity index (χ1v) is 40.4. The molecule has 99 heavy (non-hydrogen) atoms. The molecule has 0 amide bonds. The normalized spacial score (nSPS) is 15.0. The van der Waals surface area contributed by atoms with E-state index in [0.29, 0.717) is 32.1 Å². The van der Waals surface area contributed by atoms with Crippen molar-refractivity contribution in [3.63, 3.8) is 0 Å². The van der Waals surface area contributed by atoms with Crippen LogP contribution in [0, 0.1) is 0 Å². The molecule has 0 rings (SSSR count). The number of ether oxygens (including phenoxy) is 3. The van der Waals surface area contributed by atoms with Gasteiger partial charge < -0.3 is 34.2 Å². The first-order chi connectivity index (χ1) is 48.2. The van der Waals surface area contributed by atoms with Gasteiger partial charge in [-0.05, 0) is 141 Å². The average Bonchev–Trinajstić information content (AvgIpc) is 2.31. The molecule has 0 aromatic carbocycles. The van der Waals surface area contributed by atoms with E-state index in [9.17, 15) is 43.5 Å². The second-order valence-corrected chi connectivity index (χ2v) is 27.2. The number of hydrogen-bond acceptors (Lipinski definition) is 14. The van der Waals surface area contributed by atoms with Gasteiger partial charge in [-0.3, -0.25) is 32.5 Å². The molecular formula is C81H132O16P2. The number of unbranched alkanes of at least 4 members (excludes halogenated alkanes) is 18. The summed E-state index contributed by atoms with van der Waals surface area (Å²) in [7, 11) is -9.83. The number of carbonyl (C=O) groups excluding carboxylic acids is 3. The Labute approximate surface area is 599 Å². The van der Waals surface area contributed by atoms with E-state index < -0.39 is 91.5 Å². The summed E-state index contributed by atoms with van der Waals surface area (Å²) in [5.74, 6) is -1.73. The molecule has 5 unspecified atom stereocenters. The third kappa shape index (κ3) is 73.9. The maximum absolute atomic E-state index is 12.9. The predicted octanol–water partition coefficient (Wildman–Crippen LogP) is 21.6. The van der Waals surface area contributed by atoms with Crippen molar-refractivity contribution in [2.24, 2.45) is 0 Å². The van der Waals surface area contributed by atoms with Crippen molar-refractivity contribution in [1.29, 1.82) is 0 Å². The van der Waals surface area contributed by atoms with E-state index in [0.717, 1.165) is 109 Å². The molecule has 0 spiro atoms. The third-order valence-electron chi connectivity index (χ3n) is 14.9. The smallest absolute Gasteiger partial charge is 0.463 e. The number of carbonyl (C=O) groups is 3. The van der Waals surface area contributed by atoms with Crippen molar-refractivity contribution < 1.29 is 75.8 Å². The van der Waals surface area contributed by atoms with Crippen molar-refractivity contribution in [2.75, 3.05) is 39.6 Å². The standard InChI is InChI=1S/C81H132O16P2/c1-4-7-10-13-16-19-22-25-28-31-32-33-34-35-36-37-38-39-40-41-42-45-47-49-52-55-58-61-64-67-79(84)91-70-76(82)71-93-98(87,88)94-72-77(83)73-95-99(89,90)96-75-78(97-81(86)69-66-63-60-57-54-51-48-44-30-27-24-21-18-15-12-9-6-3)74-92-80(85)68-65-62-59-56-53-50-46-43-29-26-23-20-17-14-11-8-5-2/h8-9,11-12,16-21,25-30,32-33,35-36,46,48,50-51,56-57,59-60,76-78,82-83H,4-7,10,13-15,22-24,31,34,37-45,47,49,52-55,58,61-75H2,1-3H3,(H,87,88)(H,89,90)/b11-8-,12-9-,19-16-,20-17-,21-18-,28-25-,29-26-,30-27-,33-32-,36-35-,50-46-,51-48-,59-56-,60-57-. The highest BCUT2D eigenvalue weighted by molar-refractivity contribution is 7.47. The number of aliphatic hydroxyl groups excluding tert-OH is 2. The van der Waals surface area contributed by atoms with Gasteiger partial charge in [0, 0.05) is 19.3 Å². The van der Waals surface area contributed by atoms with Gasteiger partial charge in [-0.25, -0.2) is 9.13 Å². The molecule has 0 aliphatic heterocycles. The number of allylic oxidation sites excluding steroid dienone is 28. The molecule has 16 nitrogen and oxygen atoms in total. The van der Waals surface area contributed by atoms with Gasteiger partial charge in [-0.15, -0.1) is 0 Å². The molecule has 0 aliphatic rings. The summed E-state index contributed by atoms with van der Waals surface area (Å²) >= 11 is 0. The Morgan fingerprint density at radius 1 is 0.293 bits per heavy atom. The van der Waals surface area contributed by atoms with E-state index in [2.05, 4.69) is 167 Å². The molecule has 562 valence electrons. The van der Waals surface area contributed by atoms with Crippen LogP contribution in [0.5, 0.6) is 0 Å². The number of phosphoric ester groups is 2. The SMILES string of the molecule is CC/C=C\C/C=C\C/C=C\C/C=C\C/C=C\CCCC(=O)OCC(COP(=O)(O)OCC(O)COP(=O)(O)OCC(O)COC(=O)CCCCCCCCCCCCCCC/C=C\C/C=C\C/C=C\C/C=C\CCCCC)OC(=O)CCC/C=C\C/C=C\C/C=C\C/C=C\C/C=C\CC. The lowest BCUT2D eigenvalue weighted by atomic mass is 10.0. The van der Waals surface area contributed by atoms with Gasteiger partial charge in [-0.1, -0.05) is 274 Å². The van der Waals surface area contributed by atoms with Gasteiger partial charge in [-0.2, -0.15) is 0 Å². The van der Waals surface area contributed by atoms with Crippen molar-refractivity contribution in [3.05, 3.63) is 170 Å². The highest BCUT2D eigenvalue weighted by atomic mass is 31.2. The van der Waals surface area contributed by atoms with Crippen LogP contribution in [0.2, 0.25) is 0 Å². The fourth-order valence-corrected chi connectivity index (χ4v) is 10.9. The quantitative estimate of drug-likeness (QED) is 0.0146. The van der Waals surface area contributed by atoms with Gasteiger partial charge in [0.2, 0.25) is 0 Å². The highest BCUT2D eigenvalue weighted by Crippen LogP contribution is 2.45. The summed E-state index contributed by atoms with van der Waals surface area (Å²) in [5.41, 5.74) is 0.